The first kappa shape index (κ1) is 27.9. The molecule has 1 fully saturated rings. The Morgan fingerprint density at radius 3 is 2.03 bits per heavy atom. The molecule has 0 unspecified atom stereocenters. The molecule has 1 heterocycles. The van der Waals surface area contributed by atoms with Crippen LogP contribution in [0.25, 0.3) is 6.08 Å². The van der Waals surface area contributed by atoms with E-state index >= 15 is 0 Å². The summed E-state index contributed by atoms with van der Waals surface area (Å²) in [5, 5.41) is 0. The number of piperidine rings is 1. The highest BCUT2D eigenvalue weighted by Gasteiger charge is 2.26. The zero-order chi connectivity index (χ0) is 25.3. The average molecular weight is 471 g/mol. The minimum Gasteiger partial charge on any atom is -0.444 e. The highest BCUT2D eigenvalue weighted by Crippen LogP contribution is 2.25. The van der Waals surface area contributed by atoms with Crippen molar-refractivity contribution < 1.29 is 14.3 Å². The Hall–Kier alpha value is -2.30. The molecule has 0 aliphatic carbocycles. The second kappa shape index (κ2) is 13.0. The van der Waals surface area contributed by atoms with E-state index in [1.165, 1.54) is 5.56 Å². The van der Waals surface area contributed by atoms with Crippen LogP contribution < -0.4 is 0 Å². The van der Waals surface area contributed by atoms with Gasteiger partial charge in [-0.1, -0.05) is 38.8 Å². The number of amides is 2. The van der Waals surface area contributed by atoms with Crippen LogP contribution in [0.2, 0.25) is 0 Å². The van der Waals surface area contributed by atoms with Crippen LogP contribution in [0.5, 0.6) is 0 Å². The quantitative estimate of drug-likeness (QED) is 0.390. The minimum absolute atomic E-state index is 0.151. The predicted molar refractivity (Wildman–Crippen MR) is 141 cm³/mol. The third-order valence-electron chi connectivity index (χ3n) is 6.42. The number of hydrogen-bond donors (Lipinski definition) is 0. The van der Waals surface area contributed by atoms with E-state index in [0.29, 0.717) is 5.92 Å². The lowest BCUT2D eigenvalue weighted by Crippen LogP contribution is -2.41. The maximum atomic E-state index is 13.2. The molecule has 0 atom stereocenters. The molecule has 0 N–H and O–H groups in total. The van der Waals surface area contributed by atoms with Crippen molar-refractivity contribution in [1.29, 1.82) is 0 Å². The molecule has 0 spiro atoms. The summed E-state index contributed by atoms with van der Waals surface area (Å²) in [7, 11) is 0. The molecular formula is C29H46N2O3. The molecule has 0 aromatic heterocycles. The molecular weight excluding hydrogens is 424 g/mol. The third-order valence-corrected chi connectivity index (χ3v) is 6.42. The van der Waals surface area contributed by atoms with Crippen molar-refractivity contribution in [1.82, 2.24) is 9.80 Å². The van der Waals surface area contributed by atoms with Crippen molar-refractivity contribution in [3.8, 4) is 0 Å². The van der Waals surface area contributed by atoms with Crippen LogP contribution in [0.4, 0.5) is 4.79 Å². The highest BCUT2D eigenvalue weighted by atomic mass is 16.6. The van der Waals surface area contributed by atoms with Crippen LogP contribution in [0.3, 0.4) is 0 Å². The van der Waals surface area contributed by atoms with E-state index in [1.807, 2.05) is 42.7 Å². The molecule has 1 aliphatic heterocycles. The first-order valence-electron chi connectivity index (χ1n) is 13.1. The molecule has 1 aliphatic rings. The number of unbranched alkanes of at least 4 members (excludes halogenated alkanes) is 2. The van der Waals surface area contributed by atoms with Crippen molar-refractivity contribution in [2.45, 2.75) is 92.6 Å². The van der Waals surface area contributed by atoms with Gasteiger partial charge in [-0.2, -0.15) is 0 Å². The molecule has 34 heavy (non-hydrogen) atoms. The maximum Gasteiger partial charge on any atom is 0.410 e. The standard InChI is InChI=1S/C29H46N2O3/c1-8-10-16-30(17-11-9-2)27(32)25-20-22(3)26(23(4)21-25)13-12-24-14-18-31(19-15-24)28(33)34-29(5,6)7/h12-13,20-21,24H,8-11,14-19H2,1-7H3. The van der Waals surface area contributed by atoms with Gasteiger partial charge < -0.3 is 14.5 Å². The van der Waals surface area contributed by atoms with Gasteiger partial charge in [-0.3, -0.25) is 4.79 Å². The Labute approximate surface area is 207 Å². The third kappa shape index (κ3) is 8.48. The number of rotatable bonds is 9. The molecule has 1 aromatic carbocycles. The van der Waals surface area contributed by atoms with Crippen LogP contribution in [0, 0.1) is 19.8 Å². The lowest BCUT2D eigenvalue weighted by Gasteiger charge is -2.32. The Balaban J connectivity index is 2.03. The van der Waals surface area contributed by atoms with Gasteiger partial charge in [0.1, 0.15) is 5.60 Å². The fourth-order valence-corrected chi connectivity index (χ4v) is 4.39. The summed E-state index contributed by atoms with van der Waals surface area (Å²) in [5.41, 5.74) is 3.80. The van der Waals surface area contributed by atoms with Gasteiger partial charge in [0.05, 0.1) is 0 Å². The SMILES string of the molecule is CCCCN(CCCC)C(=O)c1cc(C)c(C=CC2CCN(C(=O)OC(C)(C)C)CC2)c(C)c1. The Morgan fingerprint density at radius 1 is 1.03 bits per heavy atom. The molecule has 1 saturated heterocycles. The van der Waals surface area contributed by atoms with Gasteiger partial charge in [0.2, 0.25) is 0 Å². The second-order valence-corrected chi connectivity index (χ2v) is 10.7. The zero-order valence-electron chi connectivity index (χ0n) is 22.6. The summed E-state index contributed by atoms with van der Waals surface area (Å²) in [4.78, 5) is 29.3. The lowest BCUT2D eigenvalue weighted by molar-refractivity contribution is 0.0197. The second-order valence-electron chi connectivity index (χ2n) is 10.7. The summed E-state index contributed by atoms with van der Waals surface area (Å²) in [6.07, 6.45) is 10.4. The van der Waals surface area contributed by atoms with E-state index in [9.17, 15) is 9.59 Å². The van der Waals surface area contributed by atoms with Gasteiger partial charge >= 0.3 is 6.09 Å². The number of benzene rings is 1. The van der Waals surface area contributed by atoms with E-state index in [4.69, 9.17) is 4.74 Å². The van der Waals surface area contributed by atoms with Crippen molar-refractivity contribution in [2.75, 3.05) is 26.2 Å². The number of allylic oxidation sites excluding steroid dienone is 1. The molecule has 2 rings (SSSR count). The normalized spacial score (nSPS) is 15.1. The summed E-state index contributed by atoms with van der Waals surface area (Å²) in [6, 6.07) is 4.09. The predicted octanol–water partition coefficient (Wildman–Crippen LogP) is 7.01. The average Bonchev–Trinajstić information content (AvgIpc) is 2.77. The van der Waals surface area contributed by atoms with E-state index in [-0.39, 0.29) is 12.0 Å². The van der Waals surface area contributed by atoms with Crippen LogP contribution >= 0.6 is 0 Å². The van der Waals surface area contributed by atoms with Gasteiger partial charge in [0.15, 0.2) is 0 Å². The van der Waals surface area contributed by atoms with E-state index in [1.54, 1.807) is 0 Å². The zero-order valence-corrected chi connectivity index (χ0v) is 22.6. The molecule has 2 amide bonds. The van der Waals surface area contributed by atoms with E-state index in [2.05, 4.69) is 39.8 Å². The number of ether oxygens (including phenoxy) is 1. The Morgan fingerprint density at radius 2 is 1.56 bits per heavy atom. The minimum atomic E-state index is -0.459. The fourth-order valence-electron chi connectivity index (χ4n) is 4.39. The number of hydrogen-bond acceptors (Lipinski definition) is 3. The van der Waals surface area contributed by atoms with E-state index < -0.39 is 5.60 Å². The largest absolute Gasteiger partial charge is 0.444 e. The van der Waals surface area contributed by atoms with Crippen LogP contribution in [0.1, 0.15) is 100 Å². The van der Waals surface area contributed by atoms with Gasteiger partial charge in [0, 0.05) is 31.7 Å². The monoisotopic (exact) mass is 470 g/mol. The van der Waals surface area contributed by atoms with Crippen LogP contribution in [-0.4, -0.2) is 53.6 Å². The number of aryl methyl sites for hydroxylation is 2. The molecule has 0 bridgehead atoms. The van der Waals surface area contributed by atoms with Gasteiger partial charge in [0.25, 0.3) is 5.91 Å². The summed E-state index contributed by atoms with van der Waals surface area (Å²) >= 11 is 0. The summed E-state index contributed by atoms with van der Waals surface area (Å²) in [6.45, 7) is 17.3. The smallest absolute Gasteiger partial charge is 0.410 e. The van der Waals surface area contributed by atoms with Crippen molar-refractivity contribution >= 4 is 18.1 Å². The van der Waals surface area contributed by atoms with E-state index in [0.717, 1.165) is 81.4 Å². The Kier molecular flexibility index (Phi) is 10.7. The molecule has 5 nitrogen and oxygen atoms in total. The van der Waals surface area contributed by atoms with Gasteiger partial charge in [-0.05, 0) is 95.0 Å². The molecule has 1 aromatic rings. The number of likely N-dealkylation sites (tertiary alicyclic amines) is 1. The summed E-state index contributed by atoms with van der Waals surface area (Å²) < 4.78 is 5.50. The van der Waals surface area contributed by atoms with Crippen LogP contribution in [-0.2, 0) is 4.74 Å². The molecule has 0 saturated carbocycles. The molecule has 190 valence electrons. The lowest BCUT2D eigenvalue weighted by atomic mass is 9.93. The number of carbonyl (C=O) groups excluding carboxylic acids is 2. The first-order valence-corrected chi connectivity index (χ1v) is 13.1. The van der Waals surface area contributed by atoms with Gasteiger partial charge in [-0.15, -0.1) is 0 Å². The summed E-state index contributed by atoms with van der Waals surface area (Å²) in [5.74, 6) is 0.593. The highest BCUT2D eigenvalue weighted by molar-refractivity contribution is 5.95. The topological polar surface area (TPSA) is 49.9 Å². The first-order chi connectivity index (χ1) is 16.1. The number of carbonyl (C=O) groups is 2. The fraction of sp³-hybridized carbons (Fsp3) is 0.655. The Bertz CT molecular complexity index is 814. The van der Waals surface area contributed by atoms with Crippen molar-refractivity contribution in [3.05, 3.63) is 40.5 Å². The maximum absolute atomic E-state index is 13.2. The van der Waals surface area contributed by atoms with Crippen molar-refractivity contribution in [3.63, 3.8) is 0 Å². The van der Waals surface area contributed by atoms with Crippen molar-refractivity contribution in [2.24, 2.45) is 5.92 Å². The van der Waals surface area contributed by atoms with Gasteiger partial charge in [-0.25, -0.2) is 4.79 Å². The molecule has 5 heteroatoms. The van der Waals surface area contributed by atoms with Crippen LogP contribution in [0.15, 0.2) is 18.2 Å². The molecule has 0 radical (unpaired) electrons. The number of nitrogens with zero attached hydrogens (tertiary/aromatic N) is 2.